The maximum absolute atomic E-state index is 12.7. The van der Waals surface area contributed by atoms with Crippen LogP contribution in [0.3, 0.4) is 0 Å². The van der Waals surface area contributed by atoms with Crippen LogP contribution in [-0.2, 0) is 19.6 Å². The number of carbonyl (C=O) groups is 2. The highest BCUT2D eigenvalue weighted by Gasteiger charge is 2.61. The molecule has 0 aliphatic carbocycles. The zero-order valence-corrected chi connectivity index (χ0v) is 15.5. The Labute approximate surface area is 144 Å². The second-order valence-corrected chi connectivity index (χ2v) is 9.44. The molecule has 7 nitrogen and oxygen atoms in total. The molecule has 3 saturated heterocycles. The van der Waals surface area contributed by atoms with Crippen molar-refractivity contribution in [1.82, 2.24) is 14.1 Å². The van der Waals surface area contributed by atoms with Crippen molar-refractivity contribution in [3.8, 4) is 0 Å². The van der Waals surface area contributed by atoms with Gasteiger partial charge in [0.05, 0.1) is 17.2 Å². The van der Waals surface area contributed by atoms with Gasteiger partial charge in [0.1, 0.15) is 0 Å². The first-order valence-electron chi connectivity index (χ1n) is 8.74. The fourth-order valence-electron chi connectivity index (χ4n) is 4.82. The fraction of sp³-hybridized carbons (Fsp3) is 0.875. The third-order valence-electron chi connectivity index (χ3n) is 6.21. The first-order valence-corrected chi connectivity index (χ1v) is 10.3. The number of hydrogen-bond donors (Lipinski definition) is 0. The summed E-state index contributed by atoms with van der Waals surface area (Å²) in [5.74, 6) is 0.290. The van der Waals surface area contributed by atoms with E-state index in [-0.39, 0.29) is 34.9 Å². The molecule has 0 aromatic rings. The number of rotatable bonds is 3. The zero-order chi connectivity index (χ0) is 17.7. The predicted octanol–water partition coefficient (Wildman–Crippen LogP) is 0.127. The van der Waals surface area contributed by atoms with Gasteiger partial charge < -0.3 is 9.80 Å². The predicted molar refractivity (Wildman–Crippen MR) is 89.6 cm³/mol. The molecule has 0 N–H and O–H groups in total. The molecule has 3 heterocycles. The topological polar surface area (TPSA) is 78.0 Å². The quantitative estimate of drug-likeness (QED) is 0.719. The summed E-state index contributed by atoms with van der Waals surface area (Å²) < 4.78 is 26.2. The van der Waals surface area contributed by atoms with E-state index in [1.54, 1.807) is 16.1 Å². The van der Waals surface area contributed by atoms with Crippen LogP contribution in [0.1, 0.15) is 33.1 Å². The van der Waals surface area contributed by atoms with E-state index in [1.165, 1.54) is 0 Å². The number of amides is 2. The Morgan fingerprint density at radius 3 is 2.42 bits per heavy atom. The van der Waals surface area contributed by atoms with E-state index in [0.29, 0.717) is 45.4 Å². The van der Waals surface area contributed by atoms with Crippen LogP contribution in [0, 0.1) is 11.8 Å². The lowest BCUT2D eigenvalue weighted by Gasteiger charge is -2.46. The highest BCUT2D eigenvalue weighted by atomic mass is 32.2. The summed E-state index contributed by atoms with van der Waals surface area (Å²) in [5.41, 5.74) is -0.301. The Kier molecular flexibility index (Phi) is 4.40. The minimum atomic E-state index is -3.19. The molecule has 0 radical (unpaired) electrons. The van der Waals surface area contributed by atoms with Crippen LogP contribution in [-0.4, -0.2) is 78.9 Å². The van der Waals surface area contributed by atoms with Crippen molar-refractivity contribution in [2.75, 3.05) is 39.0 Å². The Bertz CT molecular complexity index is 640. The number of hydrogen-bond acceptors (Lipinski definition) is 4. The second-order valence-electron chi connectivity index (χ2n) is 7.35. The van der Waals surface area contributed by atoms with Crippen molar-refractivity contribution in [2.24, 2.45) is 11.8 Å². The lowest BCUT2D eigenvalue weighted by atomic mass is 9.75. The van der Waals surface area contributed by atoms with Crippen LogP contribution >= 0.6 is 0 Å². The third-order valence-corrected chi connectivity index (χ3v) is 8.29. The van der Waals surface area contributed by atoms with Crippen molar-refractivity contribution < 1.29 is 18.0 Å². The van der Waals surface area contributed by atoms with Gasteiger partial charge in [-0.25, -0.2) is 12.7 Å². The largest absolute Gasteiger partial charge is 0.342 e. The van der Waals surface area contributed by atoms with E-state index < -0.39 is 10.0 Å². The van der Waals surface area contributed by atoms with E-state index in [2.05, 4.69) is 0 Å². The molecule has 2 atom stereocenters. The normalized spacial score (nSPS) is 30.2. The van der Waals surface area contributed by atoms with Crippen molar-refractivity contribution in [3.05, 3.63) is 0 Å². The zero-order valence-electron chi connectivity index (χ0n) is 14.7. The molecule has 24 heavy (non-hydrogen) atoms. The number of carbonyl (C=O) groups excluding carboxylic acids is 2. The summed E-state index contributed by atoms with van der Waals surface area (Å²) in [7, 11) is -1.35. The number of sulfonamides is 1. The van der Waals surface area contributed by atoms with Crippen LogP contribution in [0.2, 0.25) is 0 Å². The molecule has 3 aliphatic rings. The molecule has 0 aromatic carbocycles. The fourth-order valence-corrected chi connectivity index (χ4v) is 6.33. The summed E-state index contributed by atoms with van der Waals surface area (Å²) in [6.07, 6.45) is 1.93. The highest BCUT2D eigenvalue weighted by molar-refractivity contribution is 7.89. The number of piperidine rings is 1. The van der Waals surface area contributed by atoms with Crippen molar-refractivity contribution in [2.45, 2.75) is 38.6 Å². The van der Waals surface area contributed by atoms with Crippen LogP contribution in [0.4, 0.5) is 0 Å². The lowest BCUT2D eigenvalue weighted by molar-refractivity contribution is -0.135. The molecule has 0 bridgehead atoms. The van der Waals surface area contributed by atoms with Gasteiger partial charge in [-0.1, -0.05) is 6.92 Å². The third kappa shape index (κ3) is 2.54. The minimum Gasteiger partial charge on any atom is -0.342 e. The molecule has 3 fully saturated rings. The Morgan fingerprint density at radius 1 is 1.25 bits per heavy atom. The van der Waals surface area contributed by atoms with Gasteiger partial charge in [-0.3, -0.25) is 9.59 Å². The van der Waals surface area contributed by atoms with E-state index in [1.807, 2.05) is 18.9 Å². The Morgan fingerprint density at radius 2 is 1.88 bits per heavy atom. The van der Waals surface area contributed by atoms with Crippen LogP contribution < -0.4 is 0 Å². The van der Waals surface area contributed by atoms with Crippen molar-refractivity contribution in [3.63, 3.8) is 0 Å². The summed E-state index contributed by atoms with van der Waals surface area (Å²) in [5, 5.41) is 0. The molecule has 1 spiro atoms. The lowest BCUT2D eigenvalue weighted by Crippen LogP contribution is -2.57. The standard InChI is InChI=1S/C16H27N3O4S/c1-4-9-24(22,23)19-7-5-16(6-8-19)14-11-18(12(2)20)10-13(14)15(21)17(16)3/h13-14H,4-11H2,1-3H3/t13-,14+/m1/s1. The molecule has 0 aromatic heterocycles. The van der Waals surface area contributed by atoms with E-state index in [4.69, 9.17) is 0 Å². The molecular weight excluding hydrogens is 330 g/mol. The summed E-state index contributed by atoms with van der Waals surface area (Å²) >= 11 is 0. The summed E-state index contributed by atoms with van der Waals surface area (Å²) in [4.78, 5) is 28.0. The number of likely N-dealkylation sites (tertiary alicyclic amines) is 2. The monoisotopic (exact) mass is 357 g/mol. The Hall–Kier alpha value is -1.15. The van der Waals surface area contributed by atoms with Gasteiger partial charge >= 0.3 is 0 Å². The first-order chi connectivity index (χ1) is 11.2. The maximum Gasteiger partial charge on any atom is 0.228 e. The Balaban J connectivity index is 1.79. The molecule has 0 saturated carbocycles. The molecule has 0 unspecified atom stereocenters. The summed E-state index contributed by atoms with van der Waals surface area (Å²) in [6, 6.07) is 0. The van der Waals surface area contributed by atoms with Crippen molar-refractivity contribution >= 4 is 21.8 Å². The maximum atomic E-state index is 12.7. The van der Waals surface area contributed by atoms with Crippen LogP contribution in [0.25, 0.3) is 0 Å². The smallest absolute Gasteiger partial charge is 0.228 e. The second kappa shape index (κ2) is 5.98. The van der Waals surface area contributed by atoms with Crippen LogP contribution in [0.5, 0.6) is 0 Å². The van der Waals surface area contributed by atoms with Crippen LogP contribution in [0.15, 0.2) is 0 Å². The first kappa shape index (κ1) is 17.7. The van der Waals surface area contributed by atoms with Gasteiger partial charge in [-0.2, -0.15) is 0 Å². The number of fused-ring (bicyclic) bond motifs is 2. The average Bonchev–Trinajstić information content (AvgIpc) is 3.05. The number of nitrogens with zero attached hydrogens (tertiary/aromatic N) is 3. The molecule has 3 rings (SSSR count). The SMILES string of the molecule is CCCS(=O)(=O)N1CCC2(CC1)[C@H]1CN(C(C)=O)C[C@H]1C(=O)N2C. The molecule has 8 heteroatoms. The minimum absolute atomic E-state index is 0.0120. The van der Waals surface area contributed by atoms with Gasteiger partial charge in [0.2, 0.25) is 21.8 Å². The molecule has 2 amide bonds. The van der Waals surface area contributed by atoms with E-state index >= 15 is 0 Å². The van der Waals surface area contributed by atoms with Gasteiger partial charge in [-0.05, 0) is 19.3 Å². The van der Waals surface area contributed by atoms with Gasteiger partial charge in [0, 0.05) is 46.1 Å². The average molecular weight is 357 g/mol. The highest BCUT2D eigenvalue weighted by Crippen LogP contribution is 2.49. The summed E-state index contributed by atoms with van der Waals surface area (Å²) in [6.45, 7) is 5.45. The molecule has 136 valence electrons. The van der Waals surface area contributed by atoms with E-state index in [0.717, 1.165) is 0 Å². The van der Waals surface area contributed by atoms with Gasteiger partial charge in [0.15, 0.2) is 0 Å². The van der Waals surface area contributed by atoms with E-state index in [9.17, 15) is 18.0 Å². The van der Waals surface area contributed by atoms with Gasteiger partial charge in [0.25, 0.3) is 0 Å². The molecular formula is C16H27N3O4S. The molecule has 3 aliphatic heterocycles. The van der Waals surface area contributed by atoms with Crippen molar-refractivity contribution in [1.29, 1.82) is 0 Å². The van der Waals surface area contributed by atoms with Gasteiger partial charge in [-0.15, -0.1) is 0 Å².